The minimum Gasteiger partial charge on any atom is -0.387 e. The van der Waals surface area contributed by atoms with Crippen LogP contribution in [0.2, 0.25) is 0 Å². The number of pyridine rings is 1. The van der Waals surface area contributed by atoms with E-state index >= 15 is 0 Å². The molecule has 1 unspecified atom stereocenters. The van der Waals surface area contributed by atoms with E-state index in [4.69, 9.17) is 17.2 Å². The van der Waals surface area contributed by atoms with E-state index in [1.165, 1.54) is 20.1 Å². The molecule has 0 radical (unpaired) electrons. The minimum absolute atomic E-state index is 0.0720. The number of aromatic nitrogens is 4. The van der Waals surface area contributed by atoms with Crippen molar-refractivity contribution < 1.29 is 9.90 Å². The third-order valence-electron chi connectivity index (χ3n) is 7.55. The molecule has 5 aromatic rings. The van der Waals surface area contributed by atoms with Crippen molar-refractivity contribution in [2.45, 2.75) is 20.0 Å². The van der Waals surface area contributed by atoms with Crippen LogP contribution < -0.4 is 21.3 Å². The maximum absolute atomic E-state index is 13.9. The highest BCUT2D eigenvalue weighted by molar-refractivity contribution is 8.27. The molecule has 4 heterocycles. The summed E-state index contributed by atoms with van der Waals surface area (Å²) in [6, 6.07) is 21.9. The molecule has 222 valence electrons. The number of carbonyl (C=O) groups excluding carboxylic acids is 1. The summed E-state index contributed by atoms with van der Waals surface area (Å²) in [6.07, 6.45) is 2.20. The highest BCUT2D eigenvalue weighted by Gasteiger charge is 2.38. The smallest absolute Gasteiger partial charge is 0.296 e. The van der Waals surface area contributed by atoms with E-state index in [1.807, 2.05) is 61.5 Å². The fourth-order valence-electron chi connectivity index (χ4n) is 5.17. The van der Waals surface area contributed by atoms with Crippen molar-refractivity contribution in [3.05, 3.63) is 127 Å². The number of anilines is 2. The summed E-state index contributed by atoms with van der Waals surface area (Å²) in [5.74, 6) is -0.304. The molecule has 12 heteroatoms. The first-order chi connectivity index (χ1) is 21.2. The number of amides is 1. The van der Waals surface area contributed by atoms with Crippen LogP contribution in [0.3, 0.4) is 0 Å². The Morgan fingerprint density at radius 2 is 1.66 bits per heavy atom. The molecule has 1 amide bonds. The van der Waals surface area contributed by atoms with Gasteiger partial charge in [-0.15, -0.1) is 0 Å². The van der Waals surface area contributed by atoms with Crippen LogP contribution in [0.15, 0.2) is 93.5 Å². The van der Waals surface area contributed by atoms with Crippen molar-refractivity contribution in [3.8, 4) is 5.69 Å². The molecule has 10 nitrogen and oxygen atoms in total. The number of para-hydroxylation sites is 1. The van der Waals surface area contributed by atoms with Gasteiger partial charge in [0.25, 0.3) is 17.0 Å². The van der Waals surface area contributed by atoms with Gasteiger partial charge in [-0.2, -0.15) is 0 Å². The molecule has 1 saturated heterocycles. The molecule has 2 aromatic carbocycles. The van der Waals surface area contributed by atoms with Crippen molar-refractivity contribution in [2.75, 3.05) is 16.8 Å². The second-order valence-corrected chi connectivity index (χ2v) is 12.0. The Bertz CT molecular complexity index is 2080. The van der Waals surface area contributed by atoms with Crippen LogP contribution in [0, 0.1) is 13.8 Å². The summed E-state index contributed by atoms with van der Waals surface area (Å²) in [5.41, 5.74) is 2.61. The number of hydrogen-bond acceptors (Lipinski definition) is 8. The number of carbonyl (C=O) groups is 1. The highest BCUT2D eigenvalue weighted by Crippen LogP contribution is 2.37. The molecule has 0 saturated carbocycles. The number of aryl methyl sites for hydroxylation is 1. The van der Waals surface area contributed by atoms with Crippen molar-refractivity contribution in [3.63, 3.8) is 0 Å². The first kappa shape index (κ1) is 29.3. The number of benzene rings is 2. The summed E-state index contributed by atoms with van der Waals surface area (Å²) in [4.78, 5) is 47.5. The lowest BCUT2D eigenvalue weighted by Crippen LogP contribution is -2.33. The van der Waals surface area contributed by atoms with Crippen molar-refractivity contribution in [1.82, 2.24) is 18.7 Å². The highest BCUT2D eigenvalue weighted by atomic mass is 32.2. The third kappa shape index (κ3) is 5.06. The van der Waals surface area contributed by atoms with Crippen molar-refractivity contribution >= 4 is 57.4 Å². The number of nitrogens with zero attached hydrogens (tertiary/aromatic N) is 5. The lowest BCUT2D eigenvalue weighted by Gasteiger charge is -2.15. The molecule has 3 aromatic heterocycles. The number of nitrogens with one attached hydrogen (secondary N) is 1. The Labute approximate surface area is 261 Å². The maximum atomic E-state index is 13.9. The topological polar surface area (TPSA) is 114 Å². The second-order valence-electron chi connectivity index (χ2n) is 10.3. The minimum atomic E-state index is -0.868. The molecule has 0 aliphatic carbocycles. The average Bonchev–Trinajstić information content (AvgIpc) is 3.42. The van der Waals surface area contributed by atoms with Gasteiger partial charge in [0.15, 0.2) is 4.32 Å². The summed E-state index contributed by atoms with van der Waals surface area (Å²) >= 11 is 6.61. The molecule has 0 spiro atoms. The van der Waals surface area contributed by atoms with Gasteiger partial charge in [0, 0.05) is 19.8 Å². The van der Waals surface area contributed by atoms with Crippen LogP contribution in [0.25, 0.3) is 17.4 Å². The summed E-state index contributed by atoms with van der Waals surface area (Å²) < 4.78 is 4.75. The fraction of sp³-hybridized carbons (Fsp3) is 0.156. The molecule has 1 atom stereocenters. The van der Waals surface area contributed by atoms with E-state index in [0.717, 1.165) is 17.3 Å². The zero-order chi connectivity index (χ0) is 31.1. The predicted octanol–water partition coefficient (Wildman–Crippen LogP) is 4.35. The van der Waals surface area contributed by atoms with Crippen molar-refractivity contribution in [1.29, 1.82) is 0 Å². The Hall–Kier alpha value is -4.78. The summed E-state index contributed by atoms with van der Waals surface area (Å²) in [6.45, 7) is 3.67. The molecular weight excluding hydrogens is 597 g/mol. The predicted molar refractivity (Wildman–Crippen MR) is 177 cm³/mol. The molecule has 2 N–H and O–H groups in total. The molecule has 0 bridgehead atoms. The Balaban J connectivity index is 1.42. The van der Waals surface area contributed by atoms with E-state index in [-0.39, 0.29) is 32.8 Å². The van der Waals surface area contributed by atoms with Gasteiger partial charge >= 0.3 is 0 Å². The number of hydrogen-bond donors (Lipinski definition) is 2. The van der Waals surface area contributed by atoms with Gasteiger partial charge in [-0.05, 0) is 49.2 Å². The molecule has 1 aliphatic heterocycles. The normalized spacial score (nSPS) is 15.0. The molecule has 1 aliphatic rings. The van der Waals surface area contributed by atoms with Gasteiger partial charge in [0.05, 0.1) is 28.0 Å². The number of aliphatic hydroxyl groups is 1. The van der Waals surface area contributed by atoms with Gasteiger partial charge in [-0.1, -0.05) is 78.6 Å². The SMILES string of the molecule is Cc1cccn2c(=O)c(/C=C3/SC(=S)N(c4c(C)n(C)n(-c5ccccc5)c4=O)C3=O)c(NCC(O)c3ccccc3)nc12. The lowest BCUT2D eigenvalue weighted by molar-refractivity contribution is -0.113. The molecule has 6 rings (SSSR count). The zero-order valence-corrected chi connectivity index (χ0v) is 25.7. The van der Waals surface area contributed by atoms with Crippen LogP contribution in [-0.4, -0.2) is 40.6 Å². The van der Waals surface area contributed by atoms with E-state index in [0.29, 0.717) is 22.6 Å². The van der Waals surface area contributed by atoms with E-state index in [1.54, 1.807) is 43.0 Å². The molecular formula is C32H28N6O4S2. The van der Waals surface area contributed by atoms with E-state index < -0.39 is 23.1 Å². The standard InChI is InChI=1S/C32H28N6O4S2/c1-19-11-10-16-36-28(19)34-27(33-18-24(39)21-12-6-4-7-13-21)23(29(36)40)17-25-30(41)37(32(43)44-25)26-20(2)35(3)38(31(26)42)22-14-8-5-9-15-22/h4-17,24,33,39H,18H2,1-3H3/b25-17+. The van der Waals surface area contributed by atoms with Crippen molar-refractivity contribution in [2.24, 2.45) is 7.05 Å². The lowest BCUT2D eigenvalue weighted by atomic mass is 10.1. The molecule has 1 fully saturated rings. The van der Waals surface area contributed by atoms with Crippen LogP contribution in [0.5, 0.6) is 0 Å². The van der Waals surface area contributed by atoms with Crippen LogP contribution in [0.1, 0.15) is 28.5 Å². The first-order valence-electron chi connectivity index (χ1n) is 13.8. The first-order valence-corrected chi connectivity index (χ1v) is 15.0. The molecule has 44 heavy (non-hydrogen) atoms. The van der Waals surface area contributed by atoms with Gasteiger partial charge in [0.1, 0.15) is 17.2 Å². The summed E-state index contributed by atoms with van der Waals surface area (Å²) in [5, 5.41) is 13.9. The number of aliphatic hydroxyl groups excluding tert-OH is 1. The van der Waals surface area contributed by atoms with Crippen LogP contribution in [-0.2, 0) is 11.8 Å². The quantitative estimate of drug-likeness (QED) is 0.203. The number of fused-ring (bicyclic) bond motifs is 1. The van der Waals surface area contributed by atoms with Gasteiger partial charge < -0.3 is 10.4 Å². The fourth-order valence-corrected chi connectivity index (χ4v) is 6.42. The van der Waals surface area contributed by atoms with Gasteiger partial charge in [0.2, 0.25) is 0 Å². The monoisotopic (exact) mass is 624 g/mol. The maximum Gasteiger partial charge on any atom is 0.296 e. The van der Waals surface area contributed by atoms with Crippen LogP contribution in [0.4, 0.5) is 11.5 Å². The second kappa shape index (κ2) is 11.7. The van der Waals surface area contributed by atoms with Crippen LogP contribution >= 0.6 is 24.0 Å². The Morgan fingerprint density at radius 3 is 2.36 bits per heavy atom. The van der Waals surface area contributed by atoms with Gasteiger partial charge in [-0.3, -0.25) is 28.4 Å². The third-order valence-corrected chi connectivity index (χ3v) is 8.85. The number of thioether (sulfide) groups is 1. The largest absolute Gasteiger partial charge is 0.387 e. The Morgan fingerprint density at radius 1 is 0.977 bits per heavy atom. The Kier molecular flexibility index (Phi) is 7.80. The number of thiocarbonyl (C=S) groups is 1. The van der Waals surface area contributed by atoms with E-state index in [9.17, 15) is 19.5 Å². The number of rotatable bonds is 7. The van der Waals surface area contributed by atoms with E-state index in [2.05, 4.69) is 5.32 Å². The summed E-state index contributed by atoms with van der Waals surface area (Å²) in [7, 11) is 1.74. The zero-order valence-electron chi connectivity index (χ0n) is 24.1. The average molecular weight is 625 g/mol. The van der Waals surface area contributed by atoms with Gasteiger partial charge in [-0.25, -0.2) is 9.67 Å².